The number of anilines is 1. The van der Waals surface area contributed by atoms with E-state index in [2.05, 4.69) is 38.2 Å². The van der Waals surface area contributed by atoms with Crippen LogP contribution in [0, 0.1) is 20.8 Å². The summed E-state index contributed by atoms with van der Waals surface area (Å²) in [6.07, 6.45) is 0. The normalized spacial score (nSPS) is 12.8. The van der Waals surface area contributed by atoms with E-state index in [1.165, 1.54) is 9.87 Å². The third-order valence-corrected chi connectivity index (χ3v) is 7.96. The average Bonchev–Trinajstić information content (AvgIpc) is 2.79. The summed E-state index contributed by atoms with van der Waals surface area (Å²) in [6, 6.07) is 20.2. The highest BCUT2D eigenvalue weighted by Gasteiger charge is 2.29. The Bertz CT molecular complexity index is 1290. The van der Waals surface area contributed by atoms with Gasteiger partial charge in [-0.1, -0.05) is 74.9 Å². The summed E-state index contributed by atoms with van der Waals surface area (Å²) in [4.78, 5) is 13.3. The van der Waals surface area contributed by atoms with Gasteiger partial charge in [-0.05, 0) is 73.6 Å². The minimum absolute atomic E-state index is 0.0432. The molecule has 3 aromatic rings. The van der Waals surface area contributed by atoms with Gasteiger partial charge in [-0.25, -0.2) is 8.42 Å². The molecule has 0 spiro atoms. The smallest absolute Gasteiger partial charge is 0.264 e. The highest BCUT2D eigenvalue weighted by Crippen LogP contribution is 2.28. The van der Waals surface area contributed by atoms with E-state index in [1.54, 1.807) is 24.3 Å². The second-order valence-corrected chi connectivity index (χ2v) is 12.1. The van der Waals surface area contributed by atoms with Gasteiger partial charge in [0.05, 0.1) is 16.6 Å². The molecule has 1 N–H and O–H groups in total. The molecular weight excluding hydrogens is 456 g/mol. The van der Waals surface area contributed by atoms with E-state index in [0.29, 0.717) is 5.69 Å². The standard InChI is InChI=1S/C29H36N2O3S/c1-20-9-16-26(17-10-20)35(33,34)31(27-18-21(2)8-11-22(27)3)19-28(32)30-23(4)24-12-14-25(15-13-24)29(5,6)7/h8-18,23H,19H2,1-7H3,(H,30,32). The first-order valence-electron chi connectivity index (χ1n) is 11.9. The molecule has 0 saturated heterocycles. The SMILES string of the molecule is Cc1ccc(S(=O)(=O)N(CC(=O)NC(C)c2ccc(C(C)(C)C)cc2)c2cc(C)ccc2C)cc1. The van der Waals surface area contributed by atoms with E-state index in [0.717, 1.165) is 22.3 Å². The van der Waals surface area contributed by atoms with Gasteiger partial charge in [0.1, 0.15) is 6.54 Å². The number of hydrogen-bond acceptors (Lipinski definition) is 3. The van der Waals surface area contributed by atoms with Gasteiger partial charge in [0.15, 0.2) is 0 Å². The lowest BCUT2D eigenvalue weighted by atomic mass is 9.86. The maximum Gasteiger partial charge on any atom is 0.264 e. The quantitative estimate of drug-likeness (QED) is 0.441. The Balaban J connectivity index is 1.89. The summed E-state index contributed by atoms with van der Waals surface area (Å²) in [6.45, 7) is 13.7. The van der Waals surface area contributed by atoms with Crippen molar-refractivity contribution >= 4 is 21.6 Å². The number of aryl methyl sites for hydroxylation is 3. The molecule has 6 heteroatoms. The molecular formula is C29H36N2O3S. The first-order valence-corrected chi connectivity index (χ1v) is 13.3. The van der Waals surface area contributed by atoms with Crippen LogP contribution in [-0.2, 0) is 20.2 Å². The molecule has 3 rings (SSSR count). The molecule has 0 radical (unpaired) electrons. The van der Waals surface area contributed by atoms with E-state index in [4.69, 9.17) is 0 Å². The molecule has 0 aromatic heterocycles. The molecule has 1 unspecified atom stereocenters. The van der Waals surface area contributed by atoms with Crippen molar-refractivity contribution in [2.75, 3.05) is 10.8 Å². The monoisotopic (exact) mass is 492 g/mol. The number of nitrogens with one attached hydrogen (secondary N) is 1. The van der Waals surface area contributed by atoms with Gasteiger partial charge in [-0.15, -0.1) is 0 Å². The van der Waals surface area contributed by atoms with Crippen molar-refractivity contribution in [3.63, 3.8) is 0 Å². The number of rotatable bonds is 7. The molecule has 0 aliphatic rings. The number of amides is 1. The minimum atomic E-state index is -3.96. The first kappa shape index (κ1) is 26.5. The number of nitrogens with zero attached hydrogens (tertiary/aromatic N) is 1. The van der Waals surface area contributed by atoms with Crippen LogP contribution in [0.5, 0.6) is 0 Å². The highest BCUT2D eigenvalue weighted by molar-refractivity contribution is 7.92. The second-order valence-electron chi connectivity index (χ2n) is 10.3. The predicted octanol–water partition coefficient (Wildman–Crippen LogP) is 5.98. The van der Waals surface area contributed by atoms with Gasteiger partial charge in [0.2, 0.25) is 5.91 Å². The van der Waals surface area contributed by atoms with Crippen LogP contribution in [0.1, 0.15) is 61.6 Å². The van der Waals surface area contributed by atoms with Crippen LogP contribution < -0.4 is 9.62 Å². The van der Waals surface area contributed by atoms with Crippen molar-refractivity contribution in [3.8, 4) is 0 Å². The fraction of sp³-hybridized carbons (Fsp3) is 0.345. The van der Waals surface area contributed by atoms with Crippen LogP contribution in [-0.4, -0.2) is 20.9 Å². The summed E-state index contributed by atoms with van der Waals surface area (Å²) in [5, 5.41) is 2.98. The van der Waals surface area contributed by atoms with Crippen molar-refractivity contribution < 1.29 is 13.2 Å². The van der Waals surface area contributed by atoms with Gasteiger partial charge in [0.25, 0.3) is 10.0 Å². The van der Waals surface area contributed by atoms with Crippen LogP contribution in [0.4, 0.5) is 5.69 Å². The number of benzene rings is 3. The fourth-order valence-electron chi connectivity index (χ4n) is 3.90. The van der Waals surface area contributed by atoms with Gasteiger partial charge >= 0.3 is 0 Å². The van der Waals surface area contributed by atoms with Crippen LogP contribution in [0.25, 0.3) is 0 Å². The van der Waals surface area contributed by atoms with Crippen molar-refractivity contribution in [1.29, 1.82) is 0 Å². The van der Waals surface area contributed by atoms with Crippen molar-refractivity contribution in [1.82, 2.24) is 5.32 Å². The van der Waals surface area contributed by atoms with E-state index in [-0.39, 0.29) is 28.8 Å². The third-order valence-electron chi connectivity index (χ3n) is 6.18. The lowest BCUT2D eigenvalue weighted by Crippen LogP contribution is -2.42. The van der Waals surface area contributed by atoms with Gasteiger partial charge in [-0.2, -0.15) is 0 Å². The molecule has 1 atom stereocenters. The van der Waals surface area contributed by atoms with Gasteiger partial charge in [0, 0.05) is 0 Å². The highest BCUT2D eigenvalue weighted by atomic mass is 32.2. The molecule has 3 aromatic carbocycles. The van der Waals surface area contributed by atoms with Crippen LogP contribution in [0.3, 0.4) is 0 Å². The van der Waals surface area contributed by atoms with Gasteiger partial charge in [-0.3, -0.25) is 9.10 Å². The lowest BCUT2D eigenvalue weighted by Gasteiger charge is -2.27. The van der Waals surface area contributed by atoms with Crippen molar-refractivity contribution in [3.05, 3.63) is 94.5 Å². The average molecular weight is 493 g/mol. The molecule has 0 fully saturated rings. The van der Waals surface area contributed by atoms with E-state index < -0.39 is 10.0 Å². The molecule has 35 heavy (non-hydrogen) atoms. The zero-order valence-corrected chi connectivity index (χ0v) is 22.5. The van der Waals surface area contributed by atoms with Gasteiger partial charge < -0.3 is 5.32 Å². The molecule has 0 bridgehead atoms. The number of sulfonamides is 1. The summed E-state index contributed by atoms with van der Waals surface area (Å²) >= 11 is 0. The van der Waals surface area contributed by atoms with E-state index >= 15 is 0 Å². The number of carbonyl (C=O) groups excluding carboxylic acids is 1. The summed E-state index contributed by atoms with van der Waals surface area (Å²) in [7, 11) is -3.96. The van der Waals surface area contributed by atoms with Crippen molar-refractivity contribution in [2.45, 2.75) is 64.8 Å². The Kier molecular flexibility index (Phi) is 7.75. The molecule has 1 amide bonds. The molecule has 186 valence electrons. The van der Waals surface area contributed by atoms with Crippen LogP contribution >= 0.6 is 0 Å². The number of carbonyl (C=O) groups is 1. The predicted molar refractivity (Wildman–Crippen MR) is 143 cm³/mol. The fourth-order valence-corrected chi connectivity index (χ4v) is 5.38. The van der Waals surface area contributed by atoms with Crippen molar-refractivity contribution in [2.24, 2.45) is 0 Å². The van der Waals surface area contributed by atoms with Crippen LogP contribution in [0.2, 0.25) is 0 Å². The number of hydrogen-bond donors (Lipinski definition) is 1. The molecule has 5 nitrogen and oxygen atoms in total. The Labute approximate surface area is 210 Å². The summed E-state index contributed by atoms with van der Waals surface area (Å²) < 4.78 is 28.6. The Morgan fingerprint density at radius 1 is 0.886 bits per heavy atom. The molecule has 0 saturated carbocycles. The molecule has 0 aliphatic heterocycles. The Morgan fingerprint density at radius 3 is 2.03 bits per heavy atom. The zero-order chi connectivity index (χ0) is 26.0. The Morgan fingerprint density at radius 2 is 1.46 bits per heavy atom. The second kappa shape index (κ2) is 10.2. The largest absolute Gasteiger partial charge is 0.348 e. The molecule has 0 aliphatic carbocycles. The lowest BCUT2D eigenvalue weighted by molar-refractivity contribution is -0.120. The topological polar surface area (TPSA) is 66.5 Å². The minimum Gasteiger partial charge on any atom is -0.348 e. The van der Waals surface area contributed by atoms with E-state index in [9.17, 15) is 13.2 Å². The Hall–Kier alpha value is -3.12. The third kappa shape index (κ3) is 6.31. The maximum atomic E-state index is 13.7. The molecule has 0 heterocycles. The van der Waals surface area contributed by atoms with E-state index in [1.807, 2.05) is 58.0 Å². The zero-order valence-electron chi connectivity index (χ0n) is 21.7. The van der Waals surface area contributed by atoms with Crippen LogP contribution in [0.15, 0.2) is 71.6 Å². The first-order chi connectivity index (χ1) is 16.3. The summed E-state index contributed by atoms with van der Waals surface area (Å²) in [5.41, 5.74) is 5.39. The summed E-state index contributed by atoms with van der Waals surface area (Å²) in [5.74, 6) is -0.367. The maximum absolute atomic E-state index is 13.7.